The molecule has 156 valence electrons. The topological polar surface area (TPSA) is 122 Å². The minimum Gasteiger partial charge on any atom is -0.497 e. The third-order valence-electron chi connectivity index (χ3n) is 5.19. The lowest BCUT2D eigenvalue weighted by Crippen LogP contribution is -2.43. The van der Waals surface area contributed by atoms with E-state index in [1.54, 1.807) is 18.2 Å². The van der Waals surface area contributed by atoms with Crippen LogP contribution in [-0.4, -0.2) is 50.1 Å². The molecule has 2 aromatic rings. The Labute approximate surface area is 173 Å². The Hall–Kier alpha value is -3.24. The minimum absolute atomic E-state index is 0.0635. The SMILES string of the molecule is COc1ccc(S(=O)(=O)N2CCC[C@H]2C(=O)Nc2cccc3c2C(=O)NC3=O)cc1. The molecule has 2 aromatic carbocycles. The highest BCUT2D eigenvalue weighted by Crippen LogP contribution is 2.29. The molecule has 2 N–H and O–H groups in total. The Bertz CT molecular complexity index is 1140. The number of sulfonamides is 1. The maximum atomic E-state index is 13.1. The van der Waals surface area contributed by atoms with Crippen molar-refractivity contribution in [1.29, 1.82) is 0 Å². The number of anilines is 1. The van der Waals surface area contributed by atoms with Crippen molar-refractivity contribution in [3.8, 4) is 5.75 Å². The van der Waals surface area contributed by atoms with Gasteiger partial charge in [0.15, 0.2) is 0 Å². The lowest BCUT2D eigenvalue weighted by molar-refractivity contribution is -0.119. The summed E-state index contributed by atoms with van der Waals surface area (Å²) in [6.07, 6.45) is 0.876. The fourth-order valence-corrected chi connectivity index (χ4v) is 5.37. The molecular formula is C20H19N3O6S. The van der Waals surface area contributed by atoms with E-state index in [-0.39, 0.29) is 28.3 Å². The van der Waals surface area contributed by atoms with Crippen molar-refractivity contribution in [3.63, 3.8) is 0 Å². The zero-order valence-corrected chi connectivity index (χ0v) is 16.9. The number of carbonyl (C=O) groups excluding carboxylic acids is 3. The van der Waals surface area contributed by atoms with Crippen LogP contribution in [0.2, 0.25) is 0 Å². The van der Waals surface area contributed by atoms with Crippen molar-refractivity contribution in [3.05, 3.63) is 53.6 Å². The molecule has 10 heteroatoms. The minimum atomic E-state index is -3.90. The molecule has 2 aliphatic rings. The van der Waals surface area contributed by atoms with Gasteiger partial charge in [-0.25, -0.2) is 8.42 Å². The highest BCUT2D eigenvalue weighted by atomic mass is 32.2. The van der Waals surface area contributed by atoms with Gasteiger partial charge >= 0.3 is 0 Å². The summed E-state index contributed by atoms with van der Waals surface area (Å²) in [6, 6.07) is 9.57. The fraction of sp³-hybridized carbons (Fsp3) is 0.250. The van der Waals surface area contributed by atoms with Crippen molar-refractivity contribution in [1.82, 2.24) is 9.62 Å². The normalized spacial score (nSPS) is 18.8. The third kappa shape index (κ3) is 3.33. The number of amides is 3. The average Bonchev–Trinajstić information content (AvgIpc) is 3.34. The van der Waals surface area contributed by atoms with E-state index in [1.807, 2.05) is 0 Å². The predicted molar refractivity (Wildman–Crippen MR) is 107 cm³/mol. The summed E-state index contributed by atoms with van der Waals surface area (Å²) in [6.45, 7) is 0.207. The Morgan fingerprint density at radius 2 is 1.87 bits per heavy atom. The Morgan fingerprint density at radius 3 is 2.57 bits per heavy atom. The first-order valence-corrected chi connectivity index (χ1v) is 10.7. The molecule has 0 unspecified atom stereocenters. The summed E-state index contributed by atoms with van der Waals surface area (Å²) in [5.41, 5.74) is 0.430. The molecule has 9 nitrogen and oxygen atoms in total. The summed E-state index contributed by atoms with van der Waals surface area (Å²) in [5.74, 6) is -1.16. The molecule has 0 saturated carbocycles. The Balaban J connectivity index is 1.59. The molecular weight excluding hydrogens is 410 g/mol. The molecule has 1 fully saturated rings. The maximum absolute atomic E-state index is 13.1. The molecule has 30 heavy (non-hydrogen) atoms. The monoisotopic (exact) mass is 429 g/mol. The number of rotatable bonds is 5. The zero-order chi connectivity index (χ0) is 21.5. The van der Waals surface area contributed by atoms with E-state index >= 15 is 0 Å². The van der Waals surface area contributed by atoms with Crippen LogP contribution in [0.15, 0.2) is 47.4 Å². The van der Waals surface area contributed by atoms with E-state index in [0.29, 0.717) is 18.6 Å². The largest absolute Gasteiger partial charge is 0.497 e. The number of fused-ring (bicyclic) bond motifs is 1. The van der Waals surface area contributed by atoms with Gasteiger partial charge in [0, 0.05) is 6.54 Å². The van der Waals surface area contributed by atoms with Crippen LogP contribution in [0.1, 0.15) is 33.6 Å². The van der Waals surface area contributed by atoms with E-state index in [2.05, 4.69) is 10.6 Å². The molecule has 0 aromatic heterocycles. The molecule has 1 atom stereocenters. The molecule has 4 rings (SSSR count). The van der Waals surface area contributed by atoms with Crippen LogP contribution in [0, 0.1) is 0 Å². The van der Waals surface area contributed by atoms with Gasteiger partial charge in [-0.1, -0.05) is 6.07 Å². The number of nitrogens with zero attached hydrogens (tertiary/aromatic N) is 1. The van der Waals surface area contributed by atoms with Gasteiger partial charge in [-0.05, 0) is 49.2 Å². The summed E-state index contributed by atoms with van der Waals surface area (Å²) in [5, 5.41) is 4.81. The van der Waals surface area contributed by atoms with Crippen LogP contribution in [0.3, 0.4) is 0 Å². The fourth-order valence-electron chi connectivity index (χ4n) is 3.71. The van der Waals surface area contributed by atoms with Crippen molar-refractivity contribution in [2.75, 3.05) is 19.0 Å². The molecule has 1 saturated heterocycles. The standard InChI is InChI=1S/C20H19N3O6S/c1-29-12-7-9-13(10-8-12)30(27,28)23-11-3-6-16(23)19(25)21-15-5-2-4-14-17(15)20(26)22-18(14)24/h2,4-5,7-10,16H,3,6,11H2,1H3,(H,21,25)(H,22,24,26)/t16-/m0/s1. The molecule has 0 aliphatic carbocycles. The quantitative estimate of drug-likeness (QED) is 0.693. The van der Waals surface area contributed by atoms with Gasteiger partial charge < -0.3 is 10.1 Å². The molecule has 0 radical (unpaired) electrons. The number of methoxy groups -OCH3 is 1. The summed E-state index contributed by atoms with van der Waals surface area (Å²) >= 11 is 0. The van der Waals surface area contributed by atoms with Gasteiger partial charge in [-0.15, -0.1) is 0 Å². The second kappa shape index (κ2) is 7.54. The van der Waals surface area contributed by atoms with E-state index in [1.165, 1.54) is 35.7 Å². The highest BCUT2D eigenvalue weighted by Gasteiger charge is 2.40. The number of ether oxygens (including phenoxy) is 1. The zero-order valence-electron chi connectivity index (χ0n) is 16.0. The Kier molecular flexibility index (Phi) is 5.04. The Morgan fingerprint density at radius 1 is 1.13 bits per heavy atom. The van der Waals surface area contributed by atoms with E-state index in [4.69, 9.17) is 4.74 Å². The van der Waals surface area contributed by atoms with Crippen LogP contribution < -0.4 is 15.4 Å². The van der Waals surface area contributed by atoms with E-state index in [0.717, 1.165) is 0 Å². The van der Waals surface area contributed by atoms with Gasteiger partial charge in [-0.2, -0.15) is 4.31 Å². The first-order chi connectivity index (χ1) is 14.3. The van der Waals surface area contributed by atoms with Crippen LogP contribution in [-0.2, 0) is 14.8 Å². The lowest BCUT2D eigenvalue weighted by Gasteiger charge is -2.23. The van der Waals surface area contributed by atoms with Gasteiger partial charge in [-0.3, -0.25) is 19.7 Å². The second-order valence-corrected chi connectivity index (χ2v) is 8.84. The summed E-state index contributed by atoms with van der Waals surface area (Å²) in [7, 11) is -2.41. The van der Waals surface area contributed by atoms with Crippen molar-refractivity contribution in [2.45, 2.75) is 23.8 Å². The molecule has 2 heterocycles. The first kappa shape index (κ1) is 20.0. The third-order valence-corrected chi connectivity index (χ3v) is 7.12. The van der Waals surface area contributed by atoms with E-state index < -0.39 is 33.8 Å². The van der Waals surface area contributed by atoms with Crippen molar-refractivity contribution in [2.24, 2.45) is 0 Å². The number of imide groups is 1. The predicted octanol–water partition coefficient (Wildman–Crippen LogP) is 1.37. The maximum Gasteiger partial charge on any atom is 0.261 e. The molecule has 0 bridgehead atoms. The summed E-state index contributed by atoms with van der Waals surface area (Å²) < 4.78 is 32.4. The van der Waals surface area contributed by atoms with Crippen LogP contribution in [0.4, 0.5) is 5.69 Å². The first-order valence-electron chi connectivity index (χ1n) is 9.28. The van der Waals surface area contributed by atoms with Crippen LogP contribution >= 0.6 is 0 Å². The number of nitrogens with one attached hydrogen (secondary N) is 2. The van der Waals surface area contributed by atoms with Crippen molar-refractivity contribution >= 4 is 33.4 Å². The number of hydrogen-bond donors (Lipinski definition) is 2. The number of carbonyl (C=O) groups is 3. The van der Waals surface area contributed by atoms with E-state index in [9.17, 15) is 22.8 Å². The molecule has 3 amide bonds. The second-order valence-electron chi connectivity index (χ2n) is 6.95. The highest BCUT2D eigenvalue weighted by molar-refractivity contribution is 7.89. The van der Waals surface area contributed by atoms with Gasteiger partial charge in [0.05, 0.1) is 28.8 Å². The van der Waals surface area contributed by atoms with Crippen LogP contribution in [0.5, 0.6) is 5.75 Å². The average molecular weight is 429 g/mol. The van der Waals surface area contributed by atoms with Crippen LogP contribution in [0.25, 0.3) is 0 Å². The smallest absolute Gasteiger partial charge is 0.261 e. The van der Waals surface area contributed by atoms with Gasteiger partial charge in [0.2, 0.25) is 15.9 Å². The summed E-state index contributed by atoms with van der Waals surface area (Å²) in [4.78, 5) is 36.9. The van der Waals surface area contributed by atoms with Gasteiger partial charge in [0.1, 0.15) is 11.8 Å². The number of hydrogen-bond acceptors (Lipinski definition) is 6. The van der Waals surface area contributed by atoms with Gasteiger partial charge in [0.25, 0.3) is 11.8 Å². The lowest BCUT2D eigenvalue weighted by atomic mass is 10.1. The molecule has 0 spiro atoms. The van der Waals surface area contributed by atoms with Crippen molar-refractivity contribution < 1.29 is 27.5 Å². The number of benzene rings is 2. The molecule has 2 aliphatic heterocycles.